The van der Waals surface area contributed by atoms with Crippen LogP contribution in [-0.4, -0.2) is 24.6 Å². The fourth-order valence-electron chi connectivity index (χ4n) is 3.69. The molecule has 2 aliphatic rings. The van der Waals surface area contributed by atoms with E-state index in [9.17, 15) is 9.59 Å². The molecule has 0 aromatic carbocycles. The number of hydrogen-bond donors (Lipinski definition) is 0. The molecule has 26 heavy (non-hydrogen) atoms. The van der Waals surface area contributed by atoms with Gasteiger partial charge in [0.25, 0.3) is 0 Å². The zero-order valence-corrected chi connectivity index (χ0v) is 16.2. The van der Waals surface area contributed by atoms with E-state index in [2.05, 4.69) is 26.2 Å². The van der Waals surface area contributed by atoms with Crippen molar-refractivity contribution in [2.75, 3.05) is 6.61 Å². The largest absolute Gasteiger partial charge is 0.462 e. The Morgan fingerprint density at radius 2 is 2.12 bits per heavy atom. The van der Waals surface area contributed by atoms with E-state index in [0.29, 0.717) is 18.6 Å². The van der Waals surface area contributed by atoms with Crippen LogP contribution < -0.4 is 0 Å². The number of carbonyl (C=O) groups is 2. The van der Waals surface area contributed by atoms with Crippen molar-refractivity contribution in [1.29, 1.82) is 0 Å². The molecule has 4 heteroatoms. The number of hydrogen-bond acceptors (Lipinski definition) is 4. The topological polar surface area (TPSA) is 52.6 Å². The molecular formula is C22H30O4. The lowest BCUT2D eigenvalue weighted by Crippen LogP contribution is -2.34. The molecule has 4 nitrogen and oxygen atoms in total. The van der Waals surface area contributed by atoms with E-state index >= 15 is 0 Å². The number of cyclic esters (lactones) is 1. The third-order valence-electron chi connectivity index (χ3n) is 5.26. The summed E-state index contributed by atoms with van der Waals surface area (Å²) in [6, 6.07) is 0. The highest BCUT2D eigenvalue weighted by molar-refractivity contribution is 5.90. The second kappa shape index (κ2) is 9.02. The minimum absolute atomic E-state index is 0.105. The summed E-state index contributed by atoms with van der Waals surface area (Å²) in [7, 11) is 0. The van der Waals surface area contributed by atoms with Gasteiger partial charge in [-0.2, -0.15) is 0 Å². The summed E-state index contributed by atoms with van der Waals surface area (Å²) in [6.45, 7) is 13.9. The van der Waals surface area contributed by atoms with Gasteiger partial charge in [0.05, 0.1) is 6.61 Å². The average Bonchev–Trinajstić information content (AvgIpc) is 2.62. The zero-order chi connectivity index (χ0) is 19.3. The SMILES string of the molecule is C=C(C)C(C/C=C1/C(=O)OC[C@H]2C(=C)CC/C=C(/C)CC[C@H]12)OC(C)=O. The van der Waals surface area contributed by atoms with Crippen molar-refractivity contribution in [3.8, 4) is 0 Å². The Bertz CT molecular complexity index is 653. The Hall–Kier alpha value is -2.10. The van der Waals surface area contributed by atoms with Crippen LogP contribution in [0, 0.1) is 11.8 Å². The van der Waals surface area contributed by atoms with Crippen LogP contribution in [0.1, 0.15) is 52.9 Å². The molecule has 1 heterocycles. The third kappa shape index (κ3) is 5.20. The van der Waals surface area contributed by atoms with Crippen LogP contribution in [0.5, 0.6) is 0 Å². The molecule has 0 spiro atoms. The molecule has 0 N–H and O–H groups in total. The first kappa shape index (κ1) is 20.2. The van der Waals surface area contributed by atoms with Gasteiger partial charge in [-0.15, -0.1) is 0 Å². The standard InChI is InChI=1S/C22H30O4/c1-14(2)21(26-17(5)23)12-11-19-18-10-9-15(3)7-6-8-16(4)20(18)13-25-22(19)24/h7,11,18,20-21H,1,4,6,8-10,12-13H2,2-3,5H3/b15-7-,19-11+/t18-,20+,21?/m1/s1. The van der Waals surface area contributed by atoms with Gasteiger partial charge < -0.3 is 9.47 Å². The summed E-state index contributed by atoms with van der Waals surface area (Å²) in [5.74, 6) is -0.344. The maximum Gasteiger partial charge on any atom is 0.334 e. The van der Waals surface area contributed by atoms with Gasteiger partial charge in [-0.3, -0.25) is 4.79 Å². The van der Waals surface area contributed by atoms with E-state index in [-0.39, 0.29) is 23.8 Å². The van der Waals surface area contributed by atoms with E-state index in [1.807, 2.05) is 13.0 Å². The van der Waals surface area contributed by atoms with Crippen LogP contribution in [0.4, 0.5) is 0 Å². The van der Waals surface area contributed by atoms with Crippen molar-refractivity contribution in [3.63, 3.8) is 0 Å². The lowest BCUT2D eigenvalue weighted by molar-refractivity contribution is -0.145. The minimum atomic E-state index is -0.422. The lowest BCUT2D eigenvalue weighted by atomic mass is 9.76. The predicted octanol–water partition coefficient (Wildman–Crippen LogP) is 4.68. The van der Waals surface area contributed by atoms with Crippen LogP contribution in [-0.2, 0) is 19.1 Å². The van der Waals surface area contributed by atoms with Gasteiger partial charge in [0.1, 0.15) is 6.10 Å². The van der Waals surface area contributed by atoms with Gasteiger partial charge >= 0.3 is 11.9 Å². The van der Waals surface area contributed by atoms with Gasteiger partial charge in [-0.1, -0.05) is 36.5 Å². The fourth-order valence-corrected chi connectivity index (χ4v) is 3.69. The molecule has 1 fully saturated rings. The highest BCUT2D eigenvalue weighted by Gasteiger charge is 2.36. The van der Waals surface area contributed by atoms with Crippen molar-refractivity contribution in [1.82, 2.24) is 0 Å². The summed E-state index contributed by atoms with van der Waals surface area (Å²) in [5.41, 5.74) is 3.96. The van der Waals surface area contributed by atoms with Crippen molar-refractivity contribution in [2.24, 2.45) is 11.8 Å². The molecule has 0 aromatic rings. The molecule has 2 rings (SSSR count). The van der Waals surface area contributed by atoms with Crippen molar-refractivity contribution in [2.45, 2.75) is 59.0 Å². The molecule has 3 atom stereocenters. The molecular weight excluding hydrogens is 328 g/mol. The average molecular weight is 358 g/mol. The second-order valence-corrected chi connectivity index (χ2v) is 7.44. The highest BCUT2D eigenvalue weighted by atomic mass is 16.5. The highest BCUT2D eigenvalue weighted by Crippen LogP contribution is 2.39. The van der Waals surface area contributed by atoms with Crippen molar-refractivity contribution < 1.29 is 19.1 Å². The summed E-state index contributed by atoms with van der Waals surface area (Å²) >= 11 is 0. The quantitative estimate of drug-likeness (QED) is 0.416. The van der Waals surface area contributed by atoms with E-state index in [0.717, 1.165) is 36.8 Å². The van der Waals surface area contributed by atoms with E-state index in [1.54, 1.807) is 0 Å². The zero-order valence-electron chi connectivity index (χ0n) is 16.2. The Kier molecular flexibility index (Phi) is 7.01. The number of allylic oxidation sites excluding steroid dienone is 2. The van der Waals surface area contributed by atoms with Crippen molar-refractivity contribution in [3.05, 3.63) is 47.6 Å². The Balaban J connectivity index is 2.26. The van der Waals surface area contributed by atoms with Crippen LogP contribution in [0.3, 0.4) is 0 Å². The first-order chi connectivity index (χ1) is 12.3. The molecule has 0 amide bonds. The second-order valence-electron chi connectivity index (χ2n) is 7.44. The molecule has 142 valence electrons. The molecule has 0 bridgehead atoms. The smallest absolute Gasteiger partial charge is 0.334 e. The van der Waals surface area contributed by atoms with Crippen LogP contribution in [0.2, 0.25) is 0 Å². The van der Waals surface area contributed by atoms with Gasteiger partial charge in [0.2, 0.25) is 0 Å². The summed E-state index contributed by atoms with van der Waals surface area (Å²) in [6.07, 6.45) is 7.94. The first-order valence-corrected chi connectivity index (χ1v) is 9.32. The van der Waals surface area contributed by atoms with E-state index in [1.165, 1.54) is 12.5 Å². The van der Waals surface area contributed by atoms with Crippen LogP contribution >= 0.6 is 0 Å². The maximum absolute atomic E-state index is 12.5. The fraction of sp³-hybridized carbons (Fsp3) is 0.545. The molecule has 1 aliphatic heterocycles. The minimum Gasteiger partial charge on any atom is -0.462 e. The van der Waals surface area contributed by atoms with E-state index in [4.69, 9.17) is 9.47 Å². The normalized spacial score (nSPS) is 28.6. The van der Waals surface area contributed by atoms with Crippen LogP contribution in [0.15, 0.2) is 47.6 Å². The molecule has 0 saturated carbocycles. The summed E-state index contributed by atoms with van der Waals surface area (Å²) in [5, 5.41) is 0. The van der Waals surface area contributed by atoms with Gasteiger partial charge in [-0.05, 0) is 45.1 Å². The summed E-state index contributed by atoms with van der Waals surface area (Å²) < 4.78 is 10.8. The number of ether oxygens (including phenoxy) is 2. The maximum atomic E-state index is 12.5. The first-order valence-electron chi connectivity index (χ1n) is 9.32. The van der Waals surface area contributed by atoms with Gasteiger partial charge in [-0.25, -0.2) is 4.79 Å². The molecule has 0 aromatic heterocycles. The van der Waals surface area contributed by atoms with E-state index < -0.39 is 6.10 Å². The summed E-state index contributed by atoms with van der Waals surface area (Å²) in [4.78, 5) is 23.8. The number of esters is 2. The Labute approximate surface area is 156 Å². The number of carbonyl (C=O) groups excluding carboxylic acids is 2. The van der Waals surface area contributed by atoms with Gasteiger partial charge in [0.15, 0.2) is 0 Å². The van der Waals surface area contributed by atoms with Crippen LogP contribution in [0.25, 0.3) is 0 Å². The number of fused-ring (bicyclic) bond motifs is 1. The Morgan fingerprint density at radius 3 is 2.77 bits per heavy atom. The Morgan fingerprint density at radius 1 is 1.38 bits per heavy atom. The number of rotatable bonds is 4. The van der Waals surface area contributed by atoms with Gasteiger partial charge in [0, 0.05) is 30.8 Å². The van der Waals surface area contributed by atoms with Crippen molar-refractivity contribution >= 4 is 11.9 Å². The third-order valence-corrected chi connectivity index (χ3v) is 5.26. The molecule has 1 saturated heterocycles. The lowest BCUT2D eigenvalue weighted by Gasteiger charge is -2.34. The monoisotopic (exact) mass is 358 g/mol. The molecule has 0 radical (unpaired) electrons. The molecule has 1 aliphatic carbocycles. The molecule has 1 unspecified atom stereocenters. The predicted molar refractivity (Wildman–Crippen MR) is 102 cm³/mol.